The highest BCUT2D eigenvalue weighted by atomic mass is 35.5. The number of nitrogens with zero attached hydrogens (tertiary/aromatic N) is 6. The Morgan fingerprint density at radius 3 is 2.91 bits per heavy atom. The van der Waals surface area contributed by atoms with Gasteiger partial charge in [0, 0.05) is 50.8 Å². The van der Waals surface area contributed by atoms with E-state index in [-0.39, 0.29) is 5.91 Å². The van der Waals surface area contributed by atoms with E-state index in [0.717, 1.165) is 37.3 Å². The Bertz CT molecular complexity index is 1200. The van der Waals surface area contributed by atoms with Crippen LogP contribution in [0.1, 0.15) is 41.5 Å². The van der Waals surface area contributed by atoms with Gasteiger partial charge in [-0.2, -0.15) is 4.98 Å². The maximum absolute atomic E-state index is 13.5. The number of rotatable bonds is 6. The van der Waals surface area contributed by atoms with Crippen LogP contribution in [0.4, 0.5) is 11.8 Å². The van der Waals surface area contributed by atoms with Gasteiger partial charge in [0.2, 0.25) is 5.95 Å². The maximum Gasteiger partial charge on any atom is 0.259 e. The van der Waals surface area contributed by atoms with E-state index in [9.17, 15) is 4.79 Å². The number of methoxy groups -OCH3 is 1. The summed E-state index contributed by atoms with van der Waals surface area (Å²) >= 11 is 6.30. The van der Waals surface area contributed by atoms with Crippen LogP contribution in [0, 0.1) is 0 Å². The van der Waals surface area contributed by atoms with Crippen molar-refractivity contribution in [2.24, 2.45) is 0 Å². The molecular formula is C24H28ClN7O2. The van der Waals surface area contributed by atoms with E-state index in [2.05, 4.69) is 31.7 Å². The van der Waals surface area contributed by atoms with Crippen molar-refractivity contribution in [3.63, 3.8) is 0 Å². The van der Waals surface area contributed by atoms with Crippen molar-refractivity contribution < 1.29 is 9.53 Å². The first-order chi connectivity index (χ1) is 16.5. The van der Waals surface area contributed by atoms with Crippen molar-refractivity contribution in [3.8, 4) is 5.75 Å². The summed E-state index contributed by atoms with van der Waals surface area (Å²) < 4.78 is 7.32. The predicted octanol–water partition coefficient (Wildman–Crippen LogP) is 3.59. The van der Waals surface area contributed by atoms with Crippen molar-refractivity contribution in [1.82, 2.24) is 24.4 Å². The van der Waals surface area contributed by atoms with Gasteiger partial charge in [-0.3, -0.25) is 4.79 Å². The van der Waals surface area contributed by atoms with E-state index < -0.39 is 0 Å². The largest absolute Gasteiger partial charge is 0.495 e. The third kappa shape index (κ3) is 4.40. The van der Waals surface area contributed by atoms with Crippen molar-refractivity contribution >= 4 is 29.3 Å². The number of hydrogen-bond donors (Lipinski definition) is 1. The summed E-state index contributed by atoms with van der Waals surface area (Å²) in [6, 6.07) is 5.99. The molecule has 0 radical (unpaired) electrons. The number of hydrogen-bond acceptors (Lipinski definition) is 7. The number of carbonyl (C=O) groups excluding carboxylic acids is 1. The first-order valence-corrected chi connectivity index (χ1v) is 11.9. The lowest BCUT2D eigenvalue weighted by Crippen LogP contribution is -2.39. The SMILES string of the molecule is COc1ccc(CNc2nc(N3CCC[C@H]3C)ncc2C(=O)N2CCn3ccnc3C2)cc1Cl. The molecule has 1 saturated heterocycles. The number of nitrogens with one attached hydrogen (secondary N) is 1. The van der Waals surface area contributed by atoms with Gasteiger partial charge in [-0.1, -0.05) is 17.7 Å². The van der Waals surface area contributed by atoms with Gasteiger partial charge in [-0.15, -0.1) is 0 Å². The van der Waals surface area contributed by atoms with Crippen LogP contribution in [0.25, 0.3) is 0 Å². The number of benzene rings is 1. The van der Waals surface area contributed by atoms with E-state index in [0.29, 0.717) is 53.8 Å². The molecule has 1 atom stereocenters. The van der Waals surface area contributed by atoms with E-state index in [1.54, 1.807) is 24.4 Å². The zero-order chi connectivity index (χ0) is 23.7. The third-order valence-corrected chi connectivity index (χ3v) is 6.82. The second kappa shape index (κ2) is 9.50. The third-order valence-electron chi connectivity index (χ3n) is 6.52. The van der Waals surface area contributed by atoms with Gasteiger partial charge in [0.25, 0.3) is 5.91 Å². The fourth-order valence-electron chi connectivity index (χ4n) is 4.56. The summed E-state index contributed by atoms with van der Waals surface area (Å²) in [5.41, 5.74) is 1.41. The van der Waals surface area contributed by atoms with Gasteiger partial charge in [0.15, 0.2) is 0 Å². The molecule has 4 heterocycles. The second-order valence-electron chi connectivity index (χ2n) is 8.70. The average molecular weight is 482 g/mol. The number of amides is 1. The van der Waals surface area contributed by atoms with Crippen LogP contribution < -0.4 is 15.0 Å². The number of fused-ring (bicyclic) bond motifs is 1. The Labute approximate surface area is 203 Å². The number of imidazole rings is 1. The normalized spacial score (nSPS) is 17.6. The number of ether oxygens (including phenoxy) is 1. The van der Waals surface area contributed by atoms with Crippen molar-refractivity contribution in [2.75, 3.05) is 30.4 Å². The minimum absolute atomic E-state index is 0.106. The van der Waals surface area contributed by atoms with Gasteiger partial charge in [-0.25, -0.2) is 9.97 Å². The van der Waals surface area contributed by atoms with Crippen molar-refractivity contribution in [3.05, 3.63) is 58.8 Å². The lowest BCUT2D eigenvalue weighted by atomic mass is 10.2. The zero-order valence-corrected chi connectivity index (χ0v) is 20.1. The molecule has 2 aliphatic rings. The molecule has 2 aliphatic heterocycles. The molecule has 0 saturated carbocycles. The fraction of sp³-hybridized carbons (Fsp3) is 0.417. The van der Waals surface area contributed by atoms with Crippen LogP contribution >= 0.6 is 11.6 Å². The highest BCUT2D eigenvalue weighted by Crippen LogP contribution is 2.28. The van der Waals surface area contributed by atoms with Gasteiger partial charge < -0.3 is 24.4 Å². The average Bonchev–Trinajstić information content (AvgIpc) is 3.50. The lowest BCUT2D eigenvalue weighted by molar-refractivity contribution is 0.0707. The highest BCUT2D eigenvalue weighted by Gasteiger charge is 2.28. The molecule has 3 aromatic rings. The predicted molar refractivity (Wildman–Crippen MR) is 130 cm³/mol. The van der Waals surface area contributed by atoms with E-state index in [4.69, 9.17) is 21.3 Å². The molecule has 1 amide bonds. The minimum atomic E-state index is -0.106. The summed E-state index contributed by atoms with van der Waals surface area (Å²) in [7, 11) is 1.59. The Morgan fingerprint density at radius 2 is 2.15 bits per heavy atom. The number of carbonyl (C=O) groups is 1. The van der Waals surface area contributed by atoms with Crippen LogP contribution in [0.15, 0.2) is 36.8 Å². The Hall–Kier alpha value is -3.33. The first kappa shape index (κ1) is 22.5. The number of halogens is 1. The van der Waals surface area contributed by atoms with Gasteiger partial charge in [-0.05, 0) is 37.5 Å². The van der Waals surface area contributed by atoms with E-state index >= 15 is 0 Å². The van der Waals surface area contributed by atoms with Crippen molar-refractivity contribution in [2.45, 2.75) is 45.4 Å². The fourth-order valence-corrected chi connectivity index (χ4v) is 4.84. The number of aromatic nitrogens is 4. The highest BCUT2D eigenvalue weighted by molar-refractivity contribution is 6.32. The molecule has 9 nitrogen and oxygen atoms in total. The topological polar surface area (TPSA) is 88.4 Å². The zero-order valence-electron chi connectivity index (χ0n) is 19.4. The van der Waals surface area contributed by atoms with Gasteiger partial charge in [0.1, 0.15) is 23.0 Å². The molecule has 1 N–H and O–H groups in total. The second-order valence-corrected chi connectivity index (χ2v) is 9.11. The molecule has 1 aromatic carbocycles. The first-order valence-electron chi connectivity index (χ1n) is 11.5. The molecule has 34 heavy (non-hydrogen) atoms. The smallest absolute Gasteiger partial charge is 0.259 e. The molecule has 0 aliphatic carbocycles. The maximum atomic E-state index is 13.5. The molecule has 5 rings (SSSR count). The molecule has 178 valence electrons. The molecular weight excluding hydrogens is 454 g/mol. The summed E-state index contributed by atoms with van der Waals surface area (Å²) in [5, 5.41) is 3.90. The van der Waals surface area contributed by atoms with Gasteiger partial charge >= 0.3 is 0 Å². The van der Waals surface area contributed by atoms with E-state index in [1.165, 1.54) is 0 Å². The molecule has 10 heteroatoms. The summed E-state index contributed by atoms with van der Waals surface area (Å²) in [6.45, 7) is 5.35. The summed E-state index contributed by atoms with van der Waals surface area (Å²) in [5.74, 6) is 2.56. The van der Waals surface area contributed by atoms with E-state index in [1.807, 2.05) is 24.4 Å². The van der Waals surface area contributed by atoms with Crippen LogP contribution in [-0.4, -0.2) is 56.6 Å². The Balaban J connectivity index is 1.42. The molecule has 0 bridgehead atoms. The Morgan fingerprint density at radius 1 is 1.26 bits per heavy atom. The number of anilines is 2. The molecule has 1 fully saturated rings. The Kier molecular flexibility index (Phi) is 6.28. The standard InChI is InChI=1S/C24H28ClN7O2/c1-16-4-3-8-32(16)24-28-14-18(23(33)31-11-10-30-9-7-26-21(30)15-31)22(29-24)27-13-17-5-6-20(34-2)19(25)12-17/h5-7,9,12,14,16H,3-4,8,10-11,13,15H2,1-2H3,(H,27,28,29)/t16-/m1/s1. The van der Waals surface area contributed by atoms with Crippen LogP contribution in [0.2, 0.25) is 5.02 Å². The summed E-state index contributed by atoms with van der Waals surface area (Å²) in [6.07, 6.45) is 7.58. The van der Waals surface area contributed by atoms with Crippen LogP contribution in [0.5, 0.6) is 5.75 Å². The lowest BCUT2D eigenvalue weighted by Gasteiger charge is -2.28. The van der Waals surface area contributed by atoms with Crippen LogP contribution in [-0.2, 0) is 19.6 Å². The molecule has 0 spiro atoms. The van der Waals surface area contributed by atoms with Crippen LogP contribution in [0.3, 0.4) is 0 Å². The molecule has 2 aromatic heterocycles. The minimum Gasteiger partial charge on any atom is -0.495 e. The molecule has 0 unspecified atom stereocenters. The summed E-state index contributed by atoms with van der Waals surface area (Å²) in [4.78, 5) is 31.3. The van der Waals surface area contributed by atoms with Gasteiger partial charge in [0.05, 0.1) is 18.7 Å². The van der Waals surface area contributed by atoms with Crippen molar-refractivity contribution in [1.29, 1.82) is 0 Å². The monoisotopic (exact) mass is 481 g/mol. The quantitative estimate of drug-likeness (QED) is 0.575.